The molecule has 3 heteroatoms. The third-order valence-electron chi connectivity index (χ3n) is 3.14. The van der Waals surface area contributed by atoms with E-state index in [2.05, 4.69) is 67.7 Å². The number of benzene rings is 2. The van der Waals surface area contributed by atoms with Gasteiger partial charge in [0.1, 0.15) is 0 Å². The average Bonchev–Trinajstić information content (AvgIpc) is 2.50. The molecule has 0 aliphatic rings. The quantitative estimate of drug-likeness (QED) is 0.518. The topological polar surface area (TPSA) is 12.0 Å². The van der Waals surface area contributed by atoms with Crippen molar-refractivity contribution >= 4 is 38.8 Å². The summed E-state index contributed by atoms with van der Waals surface area (Å²) in [6.45, 7) is 6.60. The third kappa shape index (κ3) is 6.82. The van der Waals surface area contributed by atoms with Gasteiger partial charge in [-0.3, -0.25) is 0 Å². The molecule has 0 saturated heterocycles. The first-order valence-corrected chi connectivity index (χ1v) is 11.5. The first kappa shape index (κ1) is 16.8. The first-order valence-electron chi connectivity index (χ1n) is 7.34. The molecule has 0 spiro atoms. The van der Waals surface area contributed by atoms with Crippen LogP contribution >= 0.6 is 0 Å². The molecule has 0 aromatic heterocycles. The molecule has 1 nitrogen and oxygen atoms in total. The van der Waals surface area contributed by atoms with E-state index in [4.69, 9.17) is 0 Å². The zero-order chi connectivity index (χ0) is 14.9. The van der Waals surface area contributed by atoms with E-state index in [0.29, 0.717) is 29.9 Å². The van der Waals surface area contributed by atoms with E-state index in [1.165, 1.54) is 30.7 Å². The van der Waals surface area contributed by atoms with E-state index in [1.807, 2.05) is 0 Å². The predicted molar refractivity (Wildman–Crippen MR) is 95.6 cm³/mol. The van der Waals surface area contributed by atoms with Crippen molar-refractivity contribution in [3.63, 3.8) is 0 Å². The van der Waals surface area contributed by atoms with Crippen LogP contribution < -0.4 is 14.2 Å². The molecule has 0 heterocycles. The summed E-state index contributed by atoms with van der Waals surface area (Å²) in [6, 6.07) is 18.0. The van der Waals surface area contributed by atoms with Crippen LogP contribution in [0.15, 0.2) is 48.5 Å². The van der Waals surface area contributed by atoms with Gasteiger partial charge in [-0.25, -0.2) is 0 Å². The molecule has 112 valence electrons. The normalized spacial score (nSPS) is 10.8. The van der Waals surface area contributed by atoms with E-state index in [-0.39, 0.29) is 0 Å². The van der Waals surface area contributed by atoms with E-state index in [1.54, 1.807) is 0 Å². The second-order valence-electron chi connectivity index (χ2n) is 5.07. The molecule has 21 heavy (non-hydrogen) atoms. The Morgan fingerprint density at radius 1 is 0.667 bits per heavy atom. The minimum absolute atomic E-state index is 0.614. The van der Waals surface area contributed by atoms with Gasteiger partial charge < -0.3 is 0 Å². The number of hydrogen-bond acceptors (Lipinski definition) is 1. The van der Waals surface area contributed by atoms with Crippen molar-refractivity contribution < 1.29 is 0 Å². The van der Waals surface area contributed by atoms with E-state index in [0.717, 1.165) is 13.1 Å². The van der Waals surface area contributed by atoms with Crippen molar-refractivity contribution in [3.8, 4) is 0 Å². The maximum atomic E-state index is 3.58. The number of rotatable bonds is 8. The minimum atomic E-state index is 0.614. The molecular weight excluding hydrogens is 388 g/mol. The molecule has 0 fully saturated rings. The van der Waals surface area contributed by atoms with Crippen LogP contribution in [0.2, 0.25) is 10.6 Å². The van der Waals surface area contributed by atoms with Gasteiger partial charge >= 0.3 is 141 Å². The van der Waals surface area contributed by atoms with Gasteiger partial charge in [-0.2, -0.15) is 0 Å². The van der Waals surface area contributed by atoms with Crippen LogP contribution in [-0.2, 0) is 0 Å². The molecule has 0 aliphatic carbocycles. The fourth-order valence-corrected chi connectivity index (χ4v) is 5.28. The summed E-state index contributed by atoms with van der Waals surface area (Å²) in [5.41, 5.74) is 2.71. The Bertz CT molecular complexity index is 470. The molecule has 0 bridgehead atoms. The Morgan fingerprint density at radius 2 is 1.05 bits per heavy atom. The van der Waals surface area contributed by atoms with Gasteiger partial charge in [-0.05, 0) is 0 Å². The van der Waals surface area contributed by atoms with Gasteiger partial charge in [-0.15, -0.1) is 0 Å². The van der Waals surface area contributed by atoms with Crippen molar-refractivity contribution in [2.24, 2.45) is 0 Å². The summed E-state index contributed by atoms with van der Waals surface area (Å²) >= 11 is 1.23. The molecule has 2 rings (SSSR count). The van der Waals surface area contributed by atoms with Crippen molar-refractivity contribution in [1.82, 2.24) is 5.32 Å². The van der Waals surface area contributed by atoms with E-state index in [9.17, 15) is 0 Å². The Labute approximate surface area is 141 Å². The van der Waals surface area contributed by atoms with Crippen LogP contribution in [-0.4, -0.2) is 43.0 Å². The molecule has 0 radical (unpaired) electrons. The van der Waals surface area contributed by atoms with E-state index >= 15 is 0 Å². The van der Waals surface area contributed by atoms with Crippen molar-refractivity contribution in [2.75, 3.05) is 13.1 Å². The second-order valence-corrected chi connectivity index (χ2v) is 9.98. The van der Waals surface area contributed by atoms with Gasteiger partial charge in [0.2, 0.25) is 0 Å². The zero-order valence-corrected chi connectivity index (χ0v) is 16.2. The molecule has 0 unspecified atom stereocenters. The van der Waals surface area contributed by atoms with Gasteiger partial charge in [0, 0.05) is 0 Å². The van der Waals surface area contributed by atoms with Crippen LogP contribution in [0.25, 0.3) is 0 Å². The number of nitrogens with one attached hydrogen (secondary N) is 1. The monoisotopic (exact) mass is 413 g/mol. The molecule has 0 amide bonds. The SMILES string of the molecule is Cc1ccc([Se]CCNCC[Se]c2ccc(C)cc2)cc1. The number of hydrogen-bond donors (Lipinski definition) is 1. The van der Waals surface area contributed by atoms with Crippen LogP contribution in [0, 0.1) is 13.8 Å². The van der Waals surface area contributed by atoms with Gasteiger partial charge in [0.15, 0.2) is 0 Å². The average molecular weight is 411 g/mol. The zero-order valence-electron chi connectivity index (χ0n) is 12.8. The standard InChI is InChI=1S/C18H23NSe2/c1-15-3-7-17(8-4-15)20-13-11-19-12-14-21-18-9-5-16(2)6-10-18/h3-10,19H,11-14H2,1-2H3. The Balaban J connectivity index is 1.52. The second kappa shape index (κ2) is 9.45. The fraction of sp³-hybridized carbons (Fsp3) is 0.333. The molecule has 1 N–H and O–H groups in total. The first-order chi connectivity index (χ1) is 10.2. The maximum absolute atomic E-state index is 3.58. The van der Waals surface area contributed by atoms with Crippen molar-refractivity contribution in [2.45, 2.75) is 24.5 Å². The summed E-state index contributed by atoms with van der Waals surface area (Å²) in [7, 11) is 0. The Hall–Kier alpha value is -0.561. The molecule has 2 aromatic rings. The van der Waals surface area contributed by atoms with Gasteiger partial charge in [0.25, 0.3) is 0 Å². The summed E-state index contributed by atoms with van der Waals surface area (Å²) in [4.78, 5) is 0. The molecule has 2 aromatic carbocycles. The Kier molecular flexibility index (Phi) is 7.57. The van der Waals surface area contributed by atoms with Gasteiger partial charge in [0.05, 0.1) is 0 Å². The number of aryl methyl sites for hydroxylation is 2. The third-order valence-corrected chi connectivity index (χ3v) is 7.39. The van der Waals surface area contributed by atoms with Crippen LogP contribution in [0.4, 0.5) is 0 Å². The summed E-state index contributed by atoms with van der Waals surface area (Å²) in [5.74, 6) is 0. The molecule has 0 saturated carbocycles. The van der Waals surface area contributed by atoms with E-state index < -0.39 is 0 Å². The predicted octanol–water partition coefficient (Wildman–Crippen LogP) is 2.09. The summed E-state index contributed by atoms with van der Waals surface area (Å²) in [6.07, 6.45) is 0. The summed E-state index contributed by atoms with van der Waals surface area (Å²) in [5, 5.41) is 6.15. The fourth-order valence-electron chi connectivity index (χ4n) is 1.88. The van der Waals surface area contributed by atoms with Crippen LogP contribution in [0.1, 0.15) is 11.1 Å². The molecule has 0 atom stereocenters. The van der Waals surface area contributed by atoms with Crippen LogP contribution in [0.3, 0.4) is 0 Å². The van der Waals surface area contributed by atoms with Crippen molar-refractivity contribution in [1.29, 1.82) is 0 Å². The van der Waals surface area contributed by atoms with Crippen LogP contribution in [0.5, 0.6) is 0 Å². The molecular formula is C18H23NSe2. The van der Waals surface area contributed by atoms with Crippen molar-refractivity contribution in [3.05, 3.63) is 59.7 Å². The van der Waals surface area contributed by atoms with Gasteiger partial charge in [-0.1, -0.05) is 0 Å². The Morgan fingerprint density at radius 3 is 1.43 bits per heavy atom. The summed E-state index contributed by atoms with van der Waals surface area (Å²) < 4.78 is 3.03. The molecule has 0 aliphatic heterocycles.